The zero-order valence-electron chi connectivity index (χ0n) is 11.0. The predicted molar refractivity (Wildman–Crippen MR) is 72.1 cm³/mol. The Labute approximate surface area is 108 Å². The molecule has 0 saturated carbocycles. The molecule has 1 aliphatic rings. The molecule has 4 nitrogen and oxygen atoms in total. The maximum absolute atomic E-state index is 11.2. The summed E-state index contributed by atoms with van der Waals surface area (Å²) in [5, 5.41) is 9.23. The second-order valence-corrected chi connectivity index (χ2v) is 4.97. The first kappa shape index (κ1) is 12.7. The second-order valence-electron chi connectivity index (χ2n) is 4.97. The summed E-state index contributed by atoms with van der Waals surface area (Å²) in [4.78, 5) is 14.8. The average molecular weight is 248 g/mol. The number of rotatable bonds is 2. The van der Waals surface area contributed by atoms with E-state index in [-0.39, 0.29) is 6.04 Å². The molecule has 2 rings (SSSR count). The van der Waals surface area contributed by atoms with Gasteiger partial charge in [0.1, 0.15) is 0 Å². The van der Waals surface area contributed by atoms with Gasteiger partial charge in [0.15, 0.2) is 0 Å². The van der Waals surface area contributed by atoms with Crippen molar-refractivity contribution in [3.05, 3.63) is 29.8 Å². The van der Waals surface area contributed by atoms with Crippen LogP contribution in [0.5, 0.6) is 0 Å². The third-order valence-corrected chi connectivity index (χ3v) is 3.54. The molecule has 18 heavy (non-hydrogen) atoms. The normalized spacial score (nSPS) is 19.7. The van der Waals surface area contributed by atoms with Gasteiger partial charge in [0.25, 0.3) is 0 Å². The quantitative estimate of drug-likeness (QED) is 0.875. The average Bonchev–Trinajstić information content (AvgIpc) is 2.39. The second kappa shape index (κ2) is 5.29. The Hall–Kier alpha value is -1.71. The van der Waals surface area contributed by atoms with Crippen molar-refractivity contribution in [3.63, 3.8) is 0 Å². The van der Waals surface area contributed by atoms with Crippen LogP contribution in [0.1, 0.15) is 30.9 Å². The summed E-state index contributed by atoms with van der Waals surface area (Å²) in [5.74, 6) is 0. The highest BCUT2D eigenvalue weighted by Gasteiger charge is 2.27. The van der Waals surface area contributed by atoms with Crippen LogP contribution < -0.4 is 4.90 Å². The van der Waals surface area contributed by atoms with E-state index in [4.69, 9.17) is 0 Å². The maximum Gasteiger partial charge on any atom is 0.407 e. The van der Waals surface area contributed by atoms with Crippen LogP contribution in [-0.2, 0) is 0 Å². The molecule has 4 heteroatoms. The lowest BCUT2D eigenvalue weighted by Gasteiger charge is -2.34. The molecule has 1 aliphatic heterocycles. The number of likely N-dealkylation sites (tertiary alicyclic amines) is 1. The molecule has 0 bridgehead atoms. The van der Waals surface area contributed by atoms with E-state index in [9.17, 15) is 9.90 Å². The summed E-state index contributed by atoms with van der Waals surface area (Å²) in [6, 6.07) is 8.20. The van der Waals surface area contributed by atoms with Gasteiger partial charge in [-0.25, -0.2) is 4.79 Å². The minimum Gasteiger partial charge on any atom is -0.465 e. The zero-order chi connectivity index (χ0) is 13.1. The third kappa shape index (κ3) is 2.58. The SMILES string of the molecule is CN(C)c1ccc(C2CCCCN2C(=O)O)cc1. The van der Waals surface area contributed by atoms with Crippen molar-refractivity contribution in [2.24, 2.45) is 0 Å². The van der Waals surface area contributed by atoms with Gasteiger partial charge in [0, 0.05) is 26.3 Å². The Kier molecular flexibility index (Phi) is 3.75. The van der Waals surface area contributed by atoms with Crippen LogP contribution in [0, 0.1) is 0 Å². The van der Waals surface area contributed by atoms with Crippen LogP contribution >= 0.6 is 0 Å². The fourth-order valence-electron chi connectivity index (χ4n) is 2.50. The van der Waals surface area contributed by atoms with Gasteiger partial charge >= 0.3 is 6.09 Å². The molecule has 1 amide bonds. The topological polar surface area (TPSA) is 43.8 Å². The van der Waals surface area contributed by atoms with Crippen molar-refractivity contribution in [2.45, 2.75) is 25.3 Å². The van der Waals surface area contributed by atoms with E-state index in [1.54, 1.807) is 4.90 Å². The van der Waals surface area contributed by atoms with E-state index in [0.29, 0.717) is 6.54 Å². The molecule has 0 aromatic heterocycles. The van der Waals surface area contributed by atoms with Crippen molar-refractivity contribution >= 4 is 11.8 Å². The van der Waals surface area contributed by atoms with Crippen LogP contribution in [0.3, 0.4) is 0 Å². The van der Waals surface area contributed by atoms with E-state index in [1.165, 1.54) is 0 Å². The predicted octanol–water partition coefficient (Wildman–Crippen LogP) is 2.96. The molecule has 0 spiro atoms. The first-order chi connectivity index (χ1) is 8.59. The highest BCUT2D eigenvalue weighted by Crippen LogP contribution is 2.31. The summed E-state index contributed by atoms with van der Waals surface area (Å²) >= 11 is 0. The summed E-state index contributed by atoms with van der Waals surface area (Å²) in [6.07, 6.45) is 2.19. The van der Waals surface area contributed by atoms with Gasteiger partial charge in [0.2, 0.25) is 0 Å². The Morgan fingerprint density at radius 1 is 1.28 bits per heavy atom. The highest BCUT2D eigenvalue weighted by atomic mass is 16.4. The number of amides is 1. The molecular formula is C14H20N2O2. The molecule has 98 valence electrons. The molecule has 1 heterocycles. The fourth-order valence-corrected chi connectivity index (χ4v) is 2.50. The van der Waals surface area contributed by atoms with E-state index in [1.807, 2.05) is 43.3 Å². The van der Waals surface area contributed by atoms with Gasteiger partial charge in [-0.2, -0.15) is 0 Å². The van der Waals surface area contributed by atoms with E-state index >= 15 is 0 Å². The van der Waals surface area contributed by atoms with Crippen molar-refractivity contribution in [3.8, 4) is 0 Å². The van der Waals surface area contributed by atoms with Crippen molar-refractivity contribution < 1.29 is 9.90 Å². The molecule has 1 aromatic rings. The third-order valence-electron chi connectivity index (χ3n) is 3.54. The van der Waals surface area contributed by atoms with Crippen molar-refractivity contribution in [1.29, 1.82) is 0 Å². The Bertz CT molecular complexity index is 414. The molecule has 1 fully saturated rings. The largest absolute Gasteiger partial charge is 0.465 e. The highest BCUT2D eigenvalue weighted by molar-refractivity contribution is 5.66. The minimum atomic E-state index is -0.809. The number of hydrogen-bond acceptors (Lipinski definition) is 2. The van der Waals surface area contributed by atoms with Crippen LogP contribution in [0.2, 0.25) is 0 Å². The lowest BCUT2D eigenvalue weighted by atomic mass is 9.95. The number of anilines is 1. The van der Waals surface area contributed by atoms with Crippen LogP contribution in [0.4, 0.5) is 10.5 Å². The number of benzene rings is 1. The standard InChI is InChI=1S/C14H20N2O2/c1-15(2)12-8-6-11(7-9-12)13-5-3-4-10-16(13)14(17)18/h6-9,13H,3-5,10H2,1-2H3,(H,17,18). The zero-order valence-corrected chi connectivity index (χ0v) is 11.0. The number of piperidine rings is 1. The fraction of sp³-hybridized carbons (Fsp3) is 0.500. The van der Waals surface area contributed by atoms with E-state index < -0.39 is 6.09 Å². The Morgan fingerprint density at radius 2 is 1.94 bits per heavy atom. The molecule has 1 saturated heterocycles. The Balaban J connectivity index is 2.20. The number of hydrogen-bond donors (Lipinski definition) is 1. The van der Waals surface area contributed by atoms with Gasteiger partial charge in [0.05, 0.1) is 6.04 Å². The molecule has 0 aliphatic carbocycles. The van der Waals surface area contributed by atoms with E-state index in [0.717, 1.165) is 30.5 Å². The first-order valence-electron chi connectivity index (χ1n) is 6.36. The monoisotopic (exact) mass is 248 g/mol. The van der Waals surface area contributed by atoms with Crippen LogP contribution in [0.15, 0.2) is 24.3 Å². The number of carbonyl (C=O) groups is 1. The smallest absolute Gasteiger partial charge is 0.407 e. The lowest BCUT2D eigenvalue weighted by Crippen LogP contribution is -2.37. The van der Waals surface area contributed by atoms with Crippen molar-refractivity contribution in [2.75, 3.05) is 25.5 Å². The lowest BCUT2D eigenvalue weighted by molar-refractivity contribution is 0.106. The molecule has 1 N–H and O–H groups in total. The van der Waals surface area contributed by atoms with E-state index in [2.05, 4.69) is 0 Å². The molecular weight excluding hydrogens is 228 g/mol. The van der Waals surface area contributed by atoms with Gasteiger partial charge in [-0.1, -0.05) is 12.1 Å². The van der Waals surface area contributed by atoms with Crippen LogP contribution in [-0.4, -0.2) is 36.7 Å². The maximum atomic E-state index is 11.2. The van der Waals surface area contributed by atoms with Gasteiger partial charge in [-0.05, 0) is 37.0 Å². The number of carboxylic acid groups (broad SMARTS) is 1. The molecule has 0 radical (unpaired) electrons. The molecule has 1 atom stereocenters. The van der Waals surface area contributed by atoms with Gasteiger partial charge in [-0.3, -0.25) is 0 Å². The molecule has 1 unspecified atom stereocenters. The summed E-state index contributed by atoms with van der Waals surface area (Å²) in [7, 11) is 4.00. The first-order valence-corrected chi connectivity index (χ1v) is 6.36. The summed E-state index contributed by atoms with van der Waals surface area (Å²) in [5.41, 5.74) is 2.24. The van der Waals surface area contributed by atoms with Gasteiger partial charge < -0.3 is 14.9 Å². The minimum absolute atomic E-state index is 0.0208. The molecule has 1 aromatic carbocycles. The summed E-state index contributed by atoms with van der Waals surface area (Å²) in [6.45, 7) is 0.648. The summed E-state index contributed by atoms with van der Waals surface area (Å²) < 4.78 is 0. The number of nitrogens with zero attached hydrogens (tertiary/aromatic N) is 2. The van der Waals surface area contributed by atoms with Crippen molar-refractivity contribution in [1.82, 2.24) is 4.90 Å². The Morgan fingerprint density at radius 3 is 2.50 bits per heavy atom. The van der Waals surface area contributed by atoms with Crippen LogP contribution in [0.25, 0.3) is 0 Å². The van der Waals surface area contributed by atoms with Gasteiger partial charge in [-0.15, -0.1) is 0 Å².